The third kappa shape index (κ3) is 14.1. The lowest BCUT2D eigenvalue weighted by molar-refractivity contribution is 1.38. The summed E-state index contributed by atoms with van der Waals surface area (Å²) in [7, 11) is 0. The lowest BCUT2D eigenvalue weighted by Crippen LogP contribution is -1.93. The Bertz CT molecular complexity index is 7830. The number of halogens is 6. The Morgan fingerprint density at radius 3 is 0.533 bits per heavy atom. The van der Waals surface area contributed by atoms with Crippen LogP contribution in [0.25, 0.3) is 218 Å². The Hall–Kier alpha value is -11.9. The molecule has 0 aromatic heterocycles. The Morgan fingerprint density at radius 1 is 0.131 bits per heavy atom. The maximum Gasteiger partial charge on any atom is 0.0181 e. The number of benzene rings is 23. The number of fused-ring (bicyclic) bond motifs is 18. The summed E-state index contributed by atoms with van der Waals surface area (Å²) >= 11 is 22.7. The van der Waals surface area contributed by atoms with Crippen molar-refractivity contribution in [1.29, 1.82) is 0 Å². The number of aryl methyl sites for hydroxylation is 2. The van der Waals surface area contributed by atoms with Gasteiger partial charge in [-0.25, -0.2) is 0 Å². The molecule has 0 nitrogen and oxygen atoms in total. The summed E-state index contributed by atoms with van der Waals surface area (Å²) in [6.45, 7) is 4.34. The molecule has 0 aliphatic rings. The van der Waals surface area contributed by atoms with E-state index in [2.05, 4.69) is 510 Å². The van der Waals surface area contributed by atoms with Crippen LogP contribution in [0, 0.1) is 13.8 Å². The minimum atomic E-state index is 1.08. The highest BCUT2D eigenvalue weighted by Crippen LogP contribution is 2.54. The molecule has 0 aliphatic carbocycles. The smallest absolute Gasteiger partial charge is 0.0181 e. The molecule has 0 saturated heterocycles. The molecule has 23 rings (SSSR count). The summed E-state index contributed by atoms with van der Waals surface area (Å²) in [5.74, 6) is 0. The zero-order chi connectivity index (χ0) is 82.4. The molecular weight excluding hydrogens is 1870 g/mol. The predicted molar refractivity (Wildman–Crippen MR) is 549 cm³/mol. The molecule has 0 spiro atoms. The van der Waals surface area contributed by atoms with Crippen LogP contribution in [0.4, 0.5) is 0 Å². The van der Waals surface area contributed by atoms with Gasteiger partial charge in [0.2, 0.25) is 0 Å². The van der Waals surface area contributed by atoms with Crippen LogP contribution in [0.15, 0.2) is 427 Å². The minimum Gasteiger partial charge on any atom is -0.0622 e. The monoisotopic (exact) mass is 1940 g/mol. The zero-order valence-electron chi connectivity index (χ0n) is 66.4. The second-order valence-corrected chi connectivity index (χ2v) is 37.2. The summed E-state index contributed by atoms with van der Waals surface area (Å²) in [4.78, 5) is 0. The maximum atomic E-state index is 3.80. The van der Waals surface area contributed by atoms with Crippen LogP contribution in [0.2, 0.25) is 0 Å². The highest BCUT2D eigenvalue weighted by molar-refractivity contribution is 9.11. The Kier molecular flexibility index (Phi) is 20.6. The van der Waals surface area contributed by atoms with Gasteiger partial charge in [-0.1, -0.05) is 434 Å². The van der Waals surface area contributed by atoms with Crippen LogP contribution in [0.3, 0.4) is 0 Å². The summed E-state index contributed by atoms with van der Waals surface area (Å²) < 4.78 is 6.49. The van der Waals surface area contributed by atoms with Crippen LogP contribution < -0.4 is 0 Å². The molecule has 6 heteroatoms. The standard InChI is InChI=1S/C42H28Br2.C40H24Br2.C34H20Br2/c1-25-20-26(2)22-32(21-25)27-8-10-31(11-9-27)40-41-35(18-14-28-12-16-33(43)23-37(28)41)39(30-6-4-3-5-7-30)36-19-15-29-13-17-34(44)24-38(29)42(36)40;41-31-19-15-27-17-21-33-37(29-9-5-2-6-10-29)34-22-18-28-16-20-32(42)24-36(28)40(34)38(39(33)35(27)23-31)30-13-11-26(12-14-30)25-7-3-1-4-8-25;35-25-15-11-21-13-17-27-31(23-7-3-1-4-8-23)28-18-14-22-12-16-26(36)20-30(22)34(28)32(33(27)29(21)19-25)24-9-5-2-6-10-24/h3-24H,1-2H3;1-24H;1-20H. The second-order valence-electron chi connectivity index (χ2n) is 31.7. The summed E-state index contributed by atoms with van der Waals surface area (Å²) in [6, 6.07) is 146. The molecule has 0 N–H and O–H groups in total. The summed E-state index contributed by atoms with van der Waals surface area (Å²) in [5.41, 5.74) is 22.5. The fourth-order valence-corrected chi connectivity index (χ4v) is 21.2. The van der Waals surface area contributed by atoms with Gasteiger partial charge in [0, 0.05) is 26.8 Å². The molecule has 578 valence electrons. The van der Waals surface area contributed by atoms with E-state index in [-0.39, 0.29) is 0 Å². The van der Waals surface area contributed by atoms with Crippen molar-refractivity contribution in [3.8, 4) is 89.0 Å². The molecule has 0 atom stereocenters. The van der Waals surface area contributed by atoms with Crippen molar-refractivity contribution < 1.29 is 0 Å². The van der Waals surface area contributed by atoms with Gasteiger partial charge >= 0.3 is 0 Å². The molecule has 0 saturated carbocycles. The average molecular weight is 1950 g/mol. The van der Waals surface area contributed by atoms with Crippen molar-refractivity contribution in [2.24, 2.45) is 0 Å². The third-order valence-electron chi connectivity index (χ3n) is 24.3. The fourth-order valence-electron chi connectivity index (χ4n) is 19.1. The van der Waals surface area contributed by atoms with E-state index < -0.39 is 0 Å². The van der Waals surface area contributed by atoms with Gasteiger partial charge in [-0.05, 0) is 305 Å². The summed E-state index contributed by atoms with van der Waals surface area (Å²) in [6.07, 6.45) is 0. The first-order valence-electron chi connectivity index (χ1n) is 41.0. The van der Waals surface area contributed by atoms with Crippen molar-refractivity contribution >= 4 is 225 Å². The summed E-state index contributed by atoms with van der Waals surface area (Å²) in [5, 5.41) is 30.2. The molecule has 23 aromatic rings. The van der Waals surface area contributed by atoms with E-state index in [0.29, 0.717) is 0 Å². The maximum absolute atomic E-state index is 3.80. The van der Waals surface area contributed by atoms with Crippen LogP contribution in [-0.4, -0.2) is 0 Å². The lowest BCUT2D eigenvalue weighted by Gasteiger charge is -2.21. The Balaban J connectivity index is 0.000000113. The van der Waals surface area contributed by atoms with Gasteiger partial charge in [0.15, 0.2) is 0 Å². The Labute approximate surface area is 758 Å². The van der Waals surface area contributed by atoms with E-state index in [1.165, 1.54) is 229 Å². The first kappa shape index (κ1) is 77.4. The first-order chi connectivity index (χ1) is 59.8. The van der Waals surface area contributed by atoms with Crippen LogP contribution >= 0.6 is 95.6 Å². The van der Waals surface area contributed by atoms with E-state index in [1.807, 2.05) is 0 Å². The second kappa shape index (κ2) is 32.5. The SMILES string of the molecule is Brc1ccc2ccc3c(-c4ccccc4)c4ccc5ccc(Br)cc5c4c(-c4ccc(-c5ccccc5)cc4)c3c2c1.Brc1ccc2ccc3c(-c4ccccc4)c4ccc5ccc(Br)cc5c4c(-c4ccccc4)c3c2c1.Cc1cc(C)cc(-c2ccc(-c3c4c(ccc5ccc(Br)cc54)c(-c4ccccc4)c4ccc5ccc(Br)cc5c34)cc2)c1. The molecule has 0 unspecified atom stereocenters. The number of hydrogen-bond donors (Lipinski definition) is 0. The van der Waals surface area contributed by atoms with E-state index in [1.54, 1.807) is 0 Å². The van der Waals surface area contributed by atoms with E-state index >= 15 is 0 Å². The molecular formula is C116H72Br6. The minimum absolute atomic E-state index is 1.08. The van der Waals surface area contributed by atoms with E-state index in [0.717, 1.165) is 26.8 Å². The van der Waals surface area contributed by atoms with Gasteiger partial charge in [-0.2, -0.15) is 0 Å². The van der Waals surface area contributed by atoms with E-state index in [9.17, 15) is 0 Å². The fraction of sp³-hybridized carbons (Fsp3) is 0.0172. The quantitative estimate of drug-likeness (QED) is 0.105. The number of rotatable bonds is 8. The van der Waals surface area contributed by atoms with Crippen LogP contribution in [-0.2, 0) is 0 Å². The molecule has 122 heavy (non-hydrogen) atoms. The largest absolute Gasteiger partial charge is 0.0622 e. The van der Waals surface area contributed by atoms with Crippen molar-refractivity contribution in [3.05, 3.63) is 438 Å². The third-order valence-corrected chi connectivity index (χ3v) is 27.2. The highest BCUT2D eigenvalue weighted by atomic mass is 79.9. The van der Waals surface area contributed by atoms with Crippen molar-refractivity contribution in [2.45, 2.75) is 13.8 Å². The van der Waals surface area contributed by atoms with Crippen molar-refractivity contribution in [1.82, 2.24) is 0 Å². The topological polar surface area (TPSA) is 0 Å². The van der Waals surface area contributed by atoms with Crippen molar-refractivity contribution in [2.75, 3.05) is 0 Å². The van der Waals surface area contributed by atoms with Gasteiger partial charge in [0.05, 0.1) is 0 Å². The highest BCUT2D eigenvalue weighted by Gasteiger charge is 2.26. The van der Waals surface area contributed by atoms with Crippen LogP contribution in [0.1, 0.15) is 11.1 Å². The van der Waals surface area contributed by atoms with Gasteiger partial charge in [-0.15, -0.1) is 0 Å². The average Bonchev–Trinajstić information content (AvgIpc) is 0.718. The number of hydrogen-bond acceptors (Lipinski definition) is 0. The normalized spacial score (nSPS) is 11.6. The van der Waals surface area contributed by atoms with Crippen LogP contribution in [0.5, 0.6) is 0 Å². The molecule has 0 fully saturated rings. The van der Waals surface area contributed by atoms with Crippen molar-refractivity contribution in [3.63, 3.8) is 0 Å². The molecule has 0 bridgehead atoms. The van der Waals surface area contributed by atoms with Gasteiger partial charge in [0.25, 0.3) is 0 Å². The Morgan fingerprint density at radius 2 is 0.303 bits per heavy atom. The molecule has 0 amide bonds. The molecule has 0 aliphatic heterocycles. The molecule has 23 aromatic carbocycles. The lowest BCUT2D eigenvalue weighted by atomic mass is 9.82. The van der Waals surface area contributed by atoms with Gasteiger partial charge in [0.1, 0.15) is 0 Å². The molecule has 0 heterocycles. The molecule has 0 radical (unpaired) electrons. The first-order valence-corrected chi connectivity index (χ1v) is 45.7. The van der Waals surface area contributed by atoms with E-state index in [4.69, 9.17) is 0 Å². The predicted octanol–water partition coefficient (Wildman–Crippen LogP) is 37.4. The van der Waals surface area contributed by atoms with Gasteiger partial charge < -0.3 is 0 Å². The zero-order valence-corrected chi connectivity index (χ0v) is 75.9. The van der Waals surface area contributed by atoms with Gasteiger partial charge in [-0.3, -0.25) is 0 Å².